The van der Waals surface area contributed by atoms with Crippen LogP contribution >= 0.6 is 11.6 Å². The maximum Gasteiger partial charge on any atom is 0.246 e. The van der Waals surface area contributed by atoms with E-state index in [0.29, 0.717) is 48.7 Å². The largest absolute Gasteiger partial charge is 0.368 e. The number of hydrogen-bond donors (Lipinski definition) is 4. The van der Waals surface area contributed by atoms with E-state index in [1.54, 1.807) is 18.2 Å². The number of carbonyl (C=O) groups is 2. The summed E-state index contributed by atoms with van der Waals surface area (Å²) in [5.41, 5.74) is 1.72. The van der Waals surface area contributed by atoms with Crippen LogP contribution in [0.3, 0.4) is 0 Å². The van der Waals surface area contributed by atoms with E-state index in [-0.39, 0.29) is 11.8 Å². The second-order valence-corrected chi connectivity index (χ2v) is 7.97. The molecule has 1 heterocycles. The van der Waals surface area contributed by atoms with Crippen molar-refractivity contribution < 1.29 is 9.59 Å². The van der Waals surface area contributed by atoms with E-state index in [1.807, 2.05) is 18.2 Å². The molecule has 1 aliphatic rings. The third-order valence-corrected chi connectivity index (χ3v) is 5.18. The molecule has 1 aromatic heterocycles. The van der Waals surface area contributed by atoms with E-state index >= 15 is 0 Å². The minimum atomic E-state index is -0.0790. The van der Waals surface area contributed by atoms with Crippen molar-refractivity contribution in [1.82, 2.24) is 20.6 Å². The highest BCUT2D eigenvalue weighted by Crippen LogP contribution is 2.22. The lowest BCUT2D eigenvalue weighted by molar-refractivity contribution is -0.119. The first kappa shape index (κ1) is 23.5. The molecule has 0 unspecified atom stereocenters. The van der Waals surface area contributed by atoms with Gasteiger partial charge >= 0.3 is 0 Å². The van der Waals surface area contributed by atoms with Crippen molar-refractivity contribution in [3.8, 4) is 11.4 Å². The van der Waals surface area contributed by atoms with Crippen LogP contribution in [0.1, 0.15) is 32.6 Å². The van der Waals surface area contributed by atoms with Crippen molar-refractivity contribution in [2.24, 2.45) is 0 Å². The maximum atomic E-state index is 12.2. The van der Waals surface area contributed by atoms with Crippen molar-refractivity contribution in [3.63, 3.8) is 0 Å². The van der Waals surface area contributed by atoms with Crippen molar-refractivity contribution >= 4 is 35.1 Å². The molecule has 2 aromatic rings. The fourth-order valence-electron chi connectivity index (χ4n) is 3.31. The lowest BCUT2D eigenvalue weighted by Crippen LogP contribution is -2.30. The van der Waals surface area contributed by atoms with E-state index in [4.69, 9.17) is 11.6 Å². The lowest BCUT2D eigenvalue weighted by atomic mass is 9.99. The normalized spacial score (nSPS) is 13.1. The Morgan fingerprint density at radius 1 is 0.938 bits per heavy atom. The van der Waals surface area contributed by atoms with E-state index < -0.39 is 0 Å². The van der Waals surface area contributed by atoms with Crippen LogP contribution in [-0.4, -0.2) is 48.0 Å². The number of halogens is 1. The van der Waals surface area contributed by atoms with Gasteiger partial charge in [-0.05, 0) is 49.9 Å². The van der Waals surface area contributed by atoms with Gasteiger partial charge < -0.3 is 21.3 Å². The highest BCUT2D eigenvalue weighted by Gasteiger charge is 2.12. The quantitative estimate of drug-likeness (QED) is 0.408. The molecule has 0 atom stereocenters. The number of benzene rings is 1. The van der Waals surface area contributed by atoms with Gasteiger partial charge in [0.25, 0.3) is 0 Å². The molecule has 32 heavy (non-hydrogen) atoms. The van der Waals surface area contributed by atoms with Crippen molar-refractivity contribution in [3.05, 3.63) is 47.0 Å². The summed E-state index contributed by atoms with van der Waals surface area (Å²) in [5.74, 6) is 1.75. The molecule has 0 spiro atoms. The third-order valence-electron chi connectivity index (χ3n) is 4.93. The molecule has 0 bridgehead atoms. The van der Waals surface area contributed by atoms with Gasteiger partial charge in [0.1, 0.15) is 11.6 Å². The molecule has 0 fully saturated rings. The number of allylic oxidation sites excluding steroid dienone is 1. The Labute approximate surface area is 193 Å². The first-order valence-electron chi connectivity index (χ1n) is 10.9. The Morgan fingerprint density at radius 2 is 1.59 bits per heavy atom. The van der Waals surface area contributed by atoms with Crippen LogP contribution in [0.2, 0.25) is 5.02 Å². The minimum absolute atomic E-state index is 0.0105. The van der Waals surface area contributed by atoms with Crippen LogP contribution < -0.4 is 21.3 Å². The summed E-state index contributed by atoms with van der Waals surface area (Å²) in [4.78, 5) is 32.5. The van der Waals surface area contributed by atoms with E-state index in [1.165, 1.54) is 6.92 Å². The maximum absolute atomic E-state index is 12.2. The molecule has 170 valence electrons. The molecule has 1 aromatic carbocycles. The molecule has 4 N–H and O–H groups in total. The Balaban J connectivity index is 1.62. The first-order valence-corrected chi connectivity index (χ1v) is 11.2. The average Bonchev–Trinajstić information content (AvgIpc) is 2.80. The molecule has 0 saturated carbocycles. The van der Waals surface area contributed by atoms with Gasteiger partial charge in [0.05, 0.1) is 0 Å². The minimum Gasteiger partial charge on any atom is -0.368 e. The van der Waals surface area contributed by atoms with Gasteiger partial charge in [-0.3, -0.25) is 9.59 Å². The number of anilines is 2. The summed E-state index contributed by atoms with van der Waals surface area (Å²) in [6.07, 6.45) is 6.09. The Kier molecular flexibility index (Phi) is 8.86. The van der Waals surface area contributed by atoms with Crippen LogP contribution in [0.15, 0.2) is 42.0 Å². The molecule has 2 amide bonds. The predicted molar refractivity (Wildman–Crippen MR) is 128 cm³/mol. The van der Waals surface area contributed by atoms with Crippen LogP contribution in [-0.2, 0) is 9.59 Å². The molecule has 8 nitrogen and oxygen atoms in total. The smallest absolute Gasteiger partial charge is 0.246 e. The summed E-state index contributed by atoms with van der Waals surface area (Å²) in [7, 11) is 0. The van der Waals surface area contributed by atoms with Gasteiger partial charge in [0, 0.05) is 55.3 Å². The number of nitrogens with one attached hydrogen (secondary N) is 4. The summed E-state index contributed by atoms with van der Waals surface area (Å²) in [6, 6.07) is 9.11. The fourth-order valence-corrected chi connectivity index (χ4v) is 3.44. The Bertz CT molecular complexity index is 961. The fraction of sp³-hybridized carbons (Fsp3) is 0.391. The number of rotatable bonds is 10. The summed E-state index contributed by atoms with van der Waals surface area (Å²) < 4.78 is 0. The van der Waals surface area contributed by atoms with Crippen LogP contribution in [0, 0.1) is 0 Å². The zero-order valence-electron chi connectivity index (χ0n) is 18.2. The predicted octanol–water partition coefficient (Wildman–Crippen LogP) is 3.37. The Hall–Kier alpha value is -3.13. The van der Waals surface area contributed by atoms with E-state index in [0.717, 1.165) is 36.8 Å². The average molecular weight is 457 g/mol. The van der Waals surface area contributed by atoms with Gasteiger partial charge in [-0.2, -0.15) is 0 Å². The topological polar surface area (TPSA) is 108 Å². The number of aromatic nitrogens is 2. The summed E-state index contributed by atoms with van der Waals surface area (Å²) >= 11 is 6.00. The van der Waals surface area contributed by atoms with Crippen LogP contribution in [0.5, 0.6) is 0 Å². The van der Waals surface area contributed by atoms with Gasteiger partial charge in [-0.15, -0.1) is 0 Å². The van der Waals surface area contributed by atoms with Crippen LogP contribution in [0.4, 0.5) is 11.6 Å². The highest BCUT2D eigenvalue weighted by atomic mass is 35.5. The molecule has 9 heteroatoms. The Morgan fingerprint density at radius 3 is 2.19 bits per heavy atom. The molecule has 0 saturated heterocycles. The highest BCUT2D eigenvalue weighted by molar-refractivity contribution is 6.30. The number of hydrogen-bond acceptors (Lipinski definition) is 6. The second kappa shape index (κ2) is 12.0. The molecule has 1 aliphatic carbocycles. The van der Waals surface area contributed by atoms with Crippen molar-refractivity contribution in [2.75, 3.05) is 36.8 Å². The molecule has 0 aliphatic heterocycles. The third kappa shape index (κ3) is 7.53. The molecular formula is C23H29ClN6O2. The zero-order valence-corrected chi connectivity index (χ0v) is 19.0. The summed E-state index contributed by atoms with van der Waals surface area (Å²) in [5, 5.41) is 12.8. The van der Waals surface area contributed by atoms with Gasteiger partial charge in [-0.1, -0.05) is 17.7 Å². The van der Waals surface area contributed by atoms with Crippen molar-refractivity contribution in [1.29, 1.82) is 0 Å². The van der Waals surface area contributed by atoms with Gasteiger partial charge in [0.2, 0.25) is 11.8 Å². The first-order chi connectivity index (χ1) is 15.5. The SMILES string of the molecule is CC(=O)NCCNc1cc(NCCNC(=O)C2=CCCCC2)nc(-c2ccc(Cl)cc2)n1. The lowest BCUT2D eigenvalue weighted by Gasteiger charge is -2.14. The van der Waals surface area contributed by atoms with Gasteiger partial charge in [0.15, 0.2) is 5.82 Å². The zero-order chi connectivity index (χ0) is 22.8. The van der Waals surface area contributed by atoms with Crippen LogP contribution in [0.25, 0.3) is 11.4 Å². The molecular weight excluding hydrogens is 428 g/mol. The monoisotopic (exact) mass is 456 g/mol. The molecule has 3 rings (SSSR count). The standard InChI is InChI=1S/C23H29ClN6O2/c1-16(31)25-11-12-26-20-15-21(30-22(29-20)17-7-9-19(24)10-8-17)27-13-14-28-23(32)18-5-3-2-4-6-18/h5,7-10,15H,2-4,6,11-14H2,1H3,(H,25,31)(H,28,32)(H2,26,27,29,30). The second-order valence-electron chi connectivity index (χ2n) is 7.54. The molecule has 0 radical (unpaired) electrons. The van der Waals surface area contributed by atoms with Gasteiger partial charge in [-0.25, -0.2) is 9.97 Å². The number of carbonyl (C=O) groups excluding carboxylic acids is 2. The van der Waals surface area contributed by atoms with E-state index in [2.05, 4.69) is 31.2 Å². The number of nitrogens with zero attached hydrogens (tertiary/aromatic N) is 2. The summed E-state index contributed by atoms with van der Waals surface area (Å²) in [6.45, 7) is 3.51. The van der Waals surface area contributed by atoms with Crippen molar-refractivity contribution in [2.45, 2.75) is 32.6 Å². The van der Waals surface area contributed by atoms with E-state index in [9.17, 15) is 9.59 Å². The number of amides is 2.